The van der Waals surface area contributed by atoms with Gasteiger partial charge in [-0.1, -0.05) is 6.92 Å². The Morgan fingerprint density at radius 1 is 1.39 bits per heavy atom. The topological polar surface area (TPSA) is 45.5 Å². The van der Waals surface area contributed by atoms with E-state index in [9.17, 15) is 0 Å². The number of nitrogens with zero attached hydrogens (tertiary/aromatic N) is 2. The fourth-order valence-electron chi connectivity index (χ4n) is 3.79. The van der Waals surface area contributed by atoms with Crippen LogP contribution in [0.1, 0.15) is 57.1 Å². The second kappa shape index (κ2) is 6.90. The fourth-order valence-corrected chi connectivity index (χ4v) is 3.79. The van der Waals surface area contributed by atoms with E-state index < -0.39 is 0 Å². The van der Waals surface area contributed by atoms with Gasteiger partial charge in [0.15, 0.2) is 6.29 Å². The third-order valence-electron chi connectivity index (χ3n) is 5.01. The van der Waals surface area contributed by atoms with Crippen molar-refractivity contribution in [2.45, 2.75) is 64.3 Å². The lowest BCUT2D eigenvalue weighted by molar-refractivity contribution is -0.165. The van der Waals surface area contributed by atoms with E-state index in [0.29, 0.717) is 24.6 Å². The maximum atomic E-state index is 9.16. The Morgan fingerprint density at radius 2 is 2.22 bits per heavy atom. The van der Waals surface area contributed by atoms with E-state index >= 15 is 0 Å². The van der Waals surface area contributed by atoms with Crippen LogP contribution in [0.4, 0.5) is 5.69 Å². The zero-order chi connectivity index (χ0) is 16.4. The van der Waals surface area contributed by atoms with Crippen molar-refractivity contribution in [3.8, 4) is 6.07 Å². The molecule has 1 aromatic rings. The molecule has 3 unspecified atom stereocenters. The lowest BCUT2D eigenvalue weighted by atomic mass is 9.96. The van der Waals surface area contributed by atoms with Crippen LogP contribution in [-0.2, 0) is 9.47 Å². The summed E-state index contributed by atoms with van der Waals surface area (Å²) in [7, 11) is 0. The molecule has 2 aliphatic heterocycles. The van der Waals surface area contributed by atoms with Crippen LogP contribution in [0.5, 0.6) is 0 Å². The lowest BCUT2D eigenvalue weighted by Crippen LogP contribution is -2.43. The molecule has 2 heterocycles. The molecule has 3 atom stereocenters. The third-order valence-corrected chi connectivity index (χ3v) is 5.01. The molecule has 1 fully saturated rings. The molecule has 2 aliphatic rings. The Balaban J connectivity index is 1.78. The highest BCUT2D eigenvalue weighted by atomic mass is 16.7. The first-order chi connectivity index (χ1) is 11.1. The summed E-state index contributed by atoms with van der Waals surface area (Å²) in [5, 5.41) is 9.16. The third kappa shape index (κ3) is 3.22. The first-order valence-electron chi connectivity index (χ1n) is 8.67. The maximum absolute atomic E-state index is 9.16. The minimum Gasteiger partial charge on any atom is -0.363 e. The van der Waals surface area contributed by atoms with E-state index in [2.05, 4.69) is 37.8 Å². The summed E-state index contributed by atoms with van der Waals surface area (Å²) in [4.78, 5) is 2.43. The number of benzene rings is 1. The van der Waals surface area contributed by atoms with Crippen molar-refractivity contribution in [2.24, 2.45) is 0 Å². The molecule has 0 saturated carbocycles. The van der Waals surface area contributed by atoms with Crippen LogP contribution in [0, 0.1) is 11.3 Å². The van der Waals surface area contributed by atoms with E-state index in [1.54, 1.807) is 0 Å². The minimum atomic E-state index is -0.0525. The van der Waals surface area contributed by atoms with Gasteiger partial charge < -0.3 is 14.4 Å². The van der Waals surface area contributed by atoms with Crippen LogP contribution < -0.4 is 4.90 Å². The van der Waals surface area contributed by atoms with Gasteiger partial charge in [0.1, 0.15) is 0 Å². The predicted octanol–water partition coefficient (Wildman–Crippen LogP) is 3.80. The number of fused-ring (bicyclic) bond motifs is 1. The lowest BCUT2D eigenvalue weighted by Gasteiger charge is -2.34. The van der Waals surface area contributed by atoms with Gasteiger partial charge in [0.25, 0.3) is 0 Å². The first-order valence-corrected chi connectivity index (χ1v) is 8.67. The van der Waals surface area contributed by atoms with E-state index in [1.165, 1.54) is 17.7 Å². The molecule has 0 radical (unpaired) electrons. The van der Waals surface area contributed by atoms with Crippen LogP contribution in [0.2, 0.25) is 0 Å². The Morgan fingerprint density at radius 3 is 2.87 bits per heavy atom. The van der Waals surface area contributed by atoms with Gasteiger partial charge in [0.2, 0.25) is 0 Å². The molecule has 3 rings (SSSR count). The summed E-state index contributed by atoms with van der Waals surface area (Å²) in [5.41, 5.74) is 3.23. The molecular weight excluding hydrogens is 288 g/mol. The smallest absolute Gasteiger partial charge is 0.157 e. The molecule has 124 valence electrons. The highest BCUT2D eigenvalue weighted by Gasteiger charge is 2.37. The van der Waals surface area contributed by atoms with Crippen LogP contribution in [-0.4, -0.2) is 31.6 Å². The number of hydrogen-bond acceptors (Lipinski definition) is 4. The van der Waals surface area contributed by atoms with Crippen molar-refractivity contribution < 1.29 is 9.47 Å². The molecule has 23 heavy (non-hydrogen) atoms. The van der Waals surface area contributed by atoms with Crippen molar-refractivity contribution >= 4 is 5.69 Å². The summed E-state index contributed by atoms with van der Waals surface area (Å²) >= 11 is 0. The van der Waals surface area contributed by atoms with Crippen molar-refractivity contribution in [2.75, 3.05) is 18.1 Å². The van der Waals surface area contributed by atoms with Crippen LogP contribution in [0.15, 0.2) is 18.2 Å². The molecular formula is C19H26N2O2. The Kier molecular flexibility index (Phi) is 4.89. The number of hydrogen-bond donors (Lipinski definition) is 0. The normalized spacial score (nSPS) is 27.1. The average molecular weight is 314 g/mol. The highest BCUT2D eigenvalue weighted by molar-refractivity contribution is 5.64. The second-order valence-electron chi connectivity index (χ2n) is 6.87. The van der Waals surface area contributed by atoms with Crippen molar-refractivity contribution in [1.29, 1.82) is 5.26 Å². The van der Waals surface area contributed by atoms with Gasteiger partial charge in [0, 0.05) is 24.3 Å². The van der Waals surface area contributed by atoms with Crippen LogP contribution in [0.3, 0.4) is 0 Å². The van der Waals surface area contributed by atoms with Crippen molar-refractivity contribution in [3.05, 3.63) is 29.3 Å². The van der Waals surface area contributed by atoms with Gasteiger partial charge in [-0.3, -0.25) is 0 Å². The monoisotopic (exact) mass is 314 g/mol. The molecule has 1 aromatic carbocycles. The first kappa shape index (κ1) is 16.3. The molecule has 0 aliphatic carbocycles. The Bertz CT molecular complexity index is 588. The maximum Gasteiger partial charge on any atom is 0.157 e. The van der Waals surface area contributed by atoms with Gasteiger partial charge in [-0.15, -0.1) is 0 Å². The molecule has 1 saturated heterocycles. The van der Waals surface area contributed by atoms with Crippen LogP contribution in [0.25, 0.3) is 0 Å². The van der Waals surface area contributed by atoms with E-state index in [1.807, 2.05) is 12.1 Å². The summed E-state index contributed by atoms with van der Waals surface area (Å²) < 4.78 is 11.8. The quantitative estimate of drug-likeness (QED) is 0.848. The molecule has 0 amide bonds. The summed E-state index contributed by atoms with van der Waals surface area (Å²) in [6.45, 7) is 8.14. The zero-order valence-electron chi connectivity index (χ0n) is 14.3. The molecule has 4 heteroatoms. The molecule has 0 spiro atoms. The second-order valence-corrected chi connectivity index (χ2v) is 6.87. The molecule has 0 N–H and O–H groups in total. The standard InChI is InChI=1S/C19H26N2O2/c1-13(2)21-17-8-7-15(11-20)10-16(17)14(3)18(21)12-23-19-6-4-5-9-22-19/h7-8,10,13-14,18-19H,4-6,9,12H2,1-3H3. The largest absolute Gasteiger partial charge is 0.363 e. The Hall–Kier alpha value is -1.57. The van der Waals surface area contributed by atoms with E-state index in [-0.39, 0.29) is 6.29 Å². The fraction of sp³-hybridized carbons (Fsp3) is 0.632. The average Bonchev–Trinajstić information content (AvgIpc) is 2.85. The molecule has 4 nitrogen and oxygen atoms in total. The number of ether oxygens (including phenoxy) is 2. The number of nitriles is 1. The van der Waals surface area contributed by atoms with E-state index in [0.717, 1.165) is 25.0 Å². The van der Waals surface area contributed by atoms with E-state index in [4.69, 9.17) is 14.7 Å². The molecule has 0 aromatic heterocycles. The SMILES string of the molecule is CC1c2cc(C#N)ccc2N(C(C)C)C1COC1CCCCO1. The van der Waals surface area contributed by atoms with Gasteiger partial charge in [0.05, 0.1) is 24.3 Å². The predicted molar refractivity (Wildman–Crippen MR) is 90.5 cm³/mol. The molecule has 0 bridgehead atoms. The van der Waals surface area contributed by atoms with Gasteiger partial charge in [-0.25, -0.2) is 0 Å². The summed E-state index contributed by atoms with van der Waals surface area (Å²) in [6.07, 6.45) is 3.27. The minimum absolute atomic E-state index is 0.0525. The summed E-state index contributed by atoms with van der Waals surface area (Å²) in [5.74, 6) is 0.351. The van der Waals surface area contributed by atoms with Gasteiger partial charge in [-0.2, -0.15) is 5.26 Å². The summed E-state index contributed by atoms with van der Waals surface area (Å²) in [6, 6.07) is 8.97. The van der Waals surface area contributed by atoms with Gasteiger partial charge >= 0.3 is 0 Å². The van der Waals surface area contributed by atoms with Gasteiger partial charge in [-0.05, 0) is 56.9 Å². The zero-order valence-corrected chi connectivity index (χ0v) is 14.3. The number of rotatable bonds is 4. The van der Waals surface area contributed by atoms with Crippen molar-refractivity contribution in [3.63, 3.8) is 0 Å². The van der Waals surface area contributed by atoms with Crippen molar-refractivity contribution in [1.82, 2.24) is 0 Å². The number of anilines is 1. The Labute approximate surface area is 139 Å². The highest BCUT2D eigenvalue weighted by Crippen LogP contribution is 2.42. The van der Waals surface area contributed by atoms with Crippen LogP contribution >= 0.6 is 0 Å².